The normalized spacial score (nSPS) is 11.8. The van der Waals surface area contributed by atoms with Gasteiger partial charge in [0.15, 0.2) is 0 Å². The standard InChI is InChI=1S/C7H5ClF3NO/c8-5-1-6(7(9,10)11)12-2-4(5)3-13/h1-2,13H,3H2. The Labute approximate surface area is 77.0 Å². The van der Waals surface area contributed by atoms with E-state index in [1.165, 1.54) is 0 Å². The first-order valence-corrected chi connectivity index (χ1v) is 3.65. The van der Waals surface area contributed by atoms with Crippen molar-refractivity contribution in [1.29, 1.82) is 0 Å². The summed E-state index contributed by atoms with van der Waals surface area (Å²) in [5.41, 5.74) is -0.885. The van der Waals surface area contributed by atoms with Crippen LogP contribution in [0, 0.1) is 0 Å². The fourth-order valence-corrected chi connectivity index (χ4v) is 0.942. The number of aromatic nitrogens is 1. The fourth-order valence-electron chi connectivity index (χ4n) is 0.730. The van der Waals surface area contributed by atoms with E-state index in [9.17, 15) is 13.2 Å². The van der Waals surface area contributed by atoms with Gasteiger partial charge in [-0.25, -0.2) is 0 Å². The van der Waals surface area contributed by atoms with Crippen LogP contribution in [-0.4, -0.2) is 10.1 Å². The summed E-state index contributed by atoms with van der Waals surface area (Å²) >= 11 is 5.44. The summed E-state index contributed by atoms with van der Waals surface area (Å²) in [7, 11) is 0. The predicted molar refractivity (Wildman–Crippen MR) is 40.2 cm³/mol. The van der Waals surface area contributed by atoms with E-state index in [1.807, 2.05) is 0 Å². The summed E-state index contributed by atoms with van der Waals surface area (Å²) in [5, 5.41) is 8.47. The molecule has 0 saturated heterocycles. The number of pyridine rings is 1. The number of rotatable bonds is 1. The summed E-state index contributed by atoms with van der Waals surface area (Å²) in [6, 6.07) is 0.688. The second kappa shape index (κ2) is 3.51. The van der Waals surface area contributed by atoms with Crippen molar-refractivity contribution in [3.63, 3.8) is 0 Å². The SMILES string of the molecule is OCc1cnc(C(F)(F)F)cc1Cl. The molecule has 1 heterocycles. The quantitative estimate of drug-likeness (QED) is 0.773. The minimum atomic E-state index is -4.50. The highest BCUT2D eigenvalue weighted by atomic mass is 35.5. The van der Waals surface area contributed by atoms with Crippen LogP contribution in [0.5, 0.6) is 0 Å². The Bertz CT molecular complexity index is 313. The Morgan fingerprint density at radius 3 is 2.46 bits per heavy atom. The number of hydrogen-bond acceptors (Lipinski definition) is 2. The van der Waals surface area contributed by atoms with Gasteiger partial charge in [0.25, 0.3) is 0 Å². The van der Waals surface area contributed by atoms with E-state index in [1.54, 1.807) is 0 Å². The number of hydrogen-bond donors (Lipinski definition) is 1. The van der Waals surface area contributed by atoms with Gasteiger partial charge < -0.3 is 5.11 Å². The molecule has 0 unspecified atom stereocenters. The smallest absolute Gasteiger partial charge is 0.392 e. The molecule has 1 N–H and O–H groups in total. The highest BCUT2D eigenvalue weighted by Gasteiger charge is 2.32. The maximum absolute atomic E-state index is 12.0. The van der Waals surface area contributed by atoms with Gasteiger partial charge in [0, 0.05) is 16.8 Å². The van der Waals surface area contributed by atoms with Crippen LogP contribution in [0.1, 0.15) is 11.3 Å². The lowest BCUT2D eigenvalue weighted by molar-refractivity contribution is -0.141. The largest absolute Gasteiger partial charge is 0.433 e. The van der Waals surface area contributed by atoms with E-state index < -0.39 is 18.5 Å². The molecule has 0 saturated carbocycles. The molecule has 0 aliphatic rings. The average molecular weight is 212 g/mol. The minimum Gasteiger partial charge on any atom is -0.392 e. The van der Waals surface area contributed by atoms with Crippen molar-refractivity contribution in [1.82, 2.24) is 4.98 Å². The van der Waals surface area contributed by atoms with E-state index >= 15 is 0 Å². The molecule has 0 radical (unpaired) electrons. The number of nitrogens with zero attached hydrogens (tertiary/aromatic N) is 1. The second-order valence-corrected chi connectivity index (χ2v) is 2.72. The van der Waals surface area contributed by atoms with Gasteiger partial charge in [-0.05, 0) is 6.07 Å². The topological polar surface area (TPSA) is 33.1 Å². The summed E-state index contributed by atoms with van der Waals surface area (Å²) in [6.45, 7) is -0.427. The van der Waals surface area contributed by atoms with Crippen LogP contribution in [0.3, 0.4) is 0 Å². The first-order chi connectivity index (χ1) is 5.95. The molecule has 0 spiro atoms. The Morgan fingerprint density at radius 2 is 2.08 bits per heavy atom. The Morgan fingerprint density at radius 1 is 1.46 bits per heavy atom. The molecule has 13 heavy (non-hydrogen) atoms. The first kappa shape index (κ1) is 10.3. The molecule has 0 aromatic carbocycles. The monoisotopic (exact) mass is 211 g/mol. The van der Waals surface area contributed by atoms with Gasteiger partial charge >= 0.3 is 6.18 Å². The highest BCUT2D eigenvalue weighted by molar-refractivity contribution is 6.31. The van der Waals surface area contributed by atoms with Gasteiger partial charge in [-0.3, -0.25) is 4.98 Å². The van der Waals surface area contributed by atoms with E-state index in [-0.39, 0.29) is 10.6 Å². The number of halogens is 4. The Balaban J connectivity index is 3.10. The third kappa shape index (κ3) is 2.32. The van der Waals surface area contributed by atoms with Crippen molar-refractivity contribution < 1.29 is 18.3 Å². The Hall–Kier alpha value is -0.810. The molecule has 1 aromatic rings. The second-order valence-electron chi connectivity index (χ2n) is 2.32. The van der Waals surface area contributed by atoms with Crippen molar-refractivity contribution in [2.45, 2.75) is 12.8 Å². The van der Waals surface area contributed by atoms with Crippen molar-refractivity contribution in [3.8, 4) is 0 Å². The van der Waals surface area contributed by atoms with Crippen LogP contribution in [0.25, 0.3) is 0 Å². The Kier molecular flexibility index (Phi) is 2.77. The molecular weight excluding hydrogens is 207 g/mol. The number of aliphatic hydroxyl groups excluding tert-OH is 1. The fraction of sp³-hybridized carbons (Fsp3) is 0.286. The average Bonchev–Trinajstić information content (AvgIpc) is 2.02. The van der Waals surface area contributed by atoms with Crippen molar-refractivity contribution in [2.24, 2.45) is 0 Å². The van der Waals surface area contributed by atoms with Crippen LogP contribution in [-0.2, 0) is 12.8 Å². The molecule has 0 aliphatic heterocycles. The van der Waals surface area contributed by atoms with Crippen molar-refractivity contribution in [3.05, 3.63) is 28.5 Å². The molecule has 72 valence electrons. The summed E-state index contributed by atoms with van der Waals surface area (Å²) < 4.78 is 36.1. The van der Waals surface area contributed by atoms with Crippen LogP contribution in [0.15, 0.2) is 12.3 Å². The summed E-state index contributed by atoms with van der Waals surface area (Å²) in [4.78, 5) is 3.11. The zero-order valence-electron chi connectivity index (χ0n) is 6.27. The van der Waals surface area contributed by atoms with Gasteiger partial charge in [-0.15, -0.1) is 0 Å². The van der Waals surface area contributed by atoms with E-state index in [0.29, 0.717) is 6.07 Å². The van der Waals surface area contributed by atoms with Crippen LogP contribution < -0.4 is 0 Å². The molecule has 6 heteroatoms. The van der Waals surface area contributed by atoms with E-state index in [4.69, 9.17) is 16.7 Å². The van der Waals surface area contributed by atoms with Gasteiger partial charge in [0.05, 0.1) is 6.61 Å². The molecule has 1 rings (SSSR count). The molecule has 0 aliphatic carbocycles. The molecule has 0 atom stereocenters. The van der Waals surface area contributed by atoms with Crippen LogP contribution in [0.2, 0.25) is 5.02 Å². The lowest BCUT2D eigenvalue weighted by atomic mass is 10.2. The molecule has 0 fully saturated rings. The number of aliphatic hydroxyl groups is 1. The maximum atomic E-state index is 12.0. The lowest BCUT2D eigenvalue weighted by Gasteiger charge is -2.06. The number of alkyl halides is 3. The molecular formula is C7H5ClF3NO. The molecule has 0 amide bonds. The zero-order valence-corrected chi connectivity index (χ0v) is 7.02. The molecule has 0 bridgehead atoms. The van der Waals surface area contributed by atoms with Crippen LogP contribution in [0.4, 0.5) is 13.2 Å². The molecule has 2 nitrogen and oxygen atoms in total. The van der Waals surface area contributed by atoms with Gasteiger partial charge in [0.1, 0.15) is 5.69 Å². The first-order valence-electron chi connectivity index (χ1n) is 3.27. The third-order valence-electron chi connectivity index (χ3n) is 1.39. The maximum Gasteiger partial charge on any atom is 0.433 e. The van der Waals surface area contributed by atoms with Gasteiger partial charge in [0.2, 0.25) is 0 Å². The minimum absolute atomic E-state index is 0.134. The van der Waals surface area contributed by atoms with Crippen LogP contribution >= 0.6 is 11.6 Å². The highest BCUT2D eigenvalue weighted by Crippen LogP contribution is 2.29. The van der Waals surface area contributed by atoms with E-state index in [0.717, 1.165) is 6.20 Å². The van der Waals surface area contributed by atoms with Gasteiger partial charge in [-0.1, -0.05) is 11.6 Å². The summed E-state index contributed by atoms with van der Waals surface area (Å²) in [5.74, 6) is 0. The van der Waals surface area contributed by atoms with Gasteiger partial charge in [-0.2, -0.15) is 13.2 Å². The zero-order chi connectivity index (χ0) is 10.1. The lowest BCUT2D eigenvalue weighted by Crippen LogP contribution is -2.08. The third-order valence-corrected chi connectivity index (χ3v) is 1.74. The molecule has 1 aromatic heterocycles. The van der Waals surface area contributed by atoms with Crippen molar-refractivity contribution in [2.75, 3.05) is 0 Å². The van der Waals surface area contributed by atoms with E-state index in [2.05, 4.69) is 4.98 Å². The summed E-state index contributed by atoms with van der Waals surface area (Å²) in [6.07, 6.45) is -3.59. The predicted octanol–water partition coefficient (Wildman–Crippen LogP) is 2.25. The van der Waals surface area contributed by atoms with Crippen molar-refractivity contribution >= 4 is 11.6 Å².